The van der Waals surface area contributed by atoms with Crippen LogP contribution in [-0.4, -0.2) is 30.9 Å². The summed E-state index contributed by atoms with van der Waals surface area (Å²) in [4.78, 5) is 14.0. The van der Waals surface area contributed by atoms with Gasteiger partial charge in [-0.25, -0.2) is 0 Å². The van der Waals surface area contributed by atoms with Crippen LogP contribution in [0.5, 0.6) is 0 Å². The summed E-state index contributed by atoms with van der Waals surface area (Å²) in [5, 5.41) is 0. The van der Waals surface area contributed by atoms with Gasteiger partial charge in [0, 0.05) is 20.0 Å². The molecule has 16 heavy (non-hydrogen) atoms. The summed E-state index contributed by atoms with van der Waals surface area (Å²) >= 11 is 0. The molecule has 0 radical (unpaired) electrons. The smallest absolute Gasteiger partial charge is 0.222 e. The molecule has 2 fully saturated rings. The predicted octanol–water partition coefficient (Wildman–Crippen LogP) is 1.76. The van der Waals surface area contributed by atoms with Crippen molar-refractivity contribution < 1.29 is 4.79 Å². The monoisotopic (exact) mass is 224 g/mol. The van der Waals surface area contributed by atoms with Crippen LogP contribution < -0.4 is 5.73 Å². The maximum Gasteiger partial charge on any atom is 0.222 e. The van der Waals surface area contributed by atoms with Gasteiger partial charge in [0.1, 0.15) is 0 Å². The molecule has 2 aliphatic rings. The summed E-state index contributed by atoms with van der Waals surface area (Å²) in [6.07, 6.45) is 8.17. The first kappa shape index (κ1) is 11.9. The molecule has 0 bridgehead atoms. The molecular weight excluding hydrogens is 200 g/mol. The van der Waals surface area contributed by atoms with Gasteiger partial charge in [0.05, 0.1) is 0 Å². The number of amides is 1. The molecule has 0 aromatic rings. The van der Waals surface area contributed by atoms with E-state index in [2.05, 4.69) is 0 Å². The maximum absolute atomic E-state index is 12.1. The van der Waals surface area contributed by atoms with Gasteiger partial charge in [-0.3, -0.25) is 4.79 Å². The summed E-state index contributed by atoms with van der Waals surface area (Å²) in [5.74, 6) is 1.07. The normalized spacial score (nSPS) is 23.4. The van der Waals surface area contributed by atoms with Crippen molar-refractivity contribution in [3.8, 4) is 0 Å². The van der Waals surface area contributed by atoms with Crippen LogP contribution in [0.1, 0.15) is 44.9 Å². The Balaban J connectivity index is 1.77. The van der Waals surface area contributed by atoms with Crippen molar-refractivity contribution in [3.05, 3.63) is 0 Å². The minimum atomic E-state index is 0.158. The number of rotatable bonds is 5. The van der Waals surface area contributed by atoms with E-state index in [-0.39, 0.29) is 5.41 Å². The summed E-state index contributed by atoms with van der Waals surface area (Å²) in [6.45, 7) is 1.63. The highest BCUT2D eigenvalue weighted by atomic mass is 16.2. The van der Waals surface area contributed by atoms with Gasteiger partial charge in [-0.2, -0.15) is 0 Å². The Labute approximate surface area is 98.4 Å². The third-order valence-electron chi connectivity index (χ3n) is 4.56. The first-order valence-corrected chi connectivity index (χ1v) is 6.59. The van der Waals surface area contributed by atoms with E-state index in [1.54, 1.807) is 0 Å². The van der Waals surface area contributed by atoms with E-state index in [0.717, 1.165) is 25.3 Å². The van der Waals surface area contributed by atoms with Gasteiger partial charge < -0.3 is 10.6 Å². The van der Waals surface area contributed by atoms with Crippen molar-refractivity contribution >= 4 is 5.91 Å². The van der Waals surface area contributed by atoms with Crippen LogP contribution in [0.15, 0.2) is 0 Å². The molecular formula is C13H24N2O. The Morgan fingerprint density at radius 1 is 1.38 bits per heavy atom. The third-order valence-corrected chi connectivity index (χ3v) is 4.56. The highest BCUT2D eigenvalue weighted by molar-refractivity contribution is 5.76. The molecule has 1 amide bonds. The van der Waals surface area contributed by atoms with Gasteiger partial charge in [0.25, 0.3) is 0 Å². The van der Waals surface area contributed by atoms with Crippen molar-refractivity contribution in [3.63, 3.8) is 0 Å². The standard InChI is InChI=1S/C13H24N2O/c1-15(9-11-4-2-5-11)12(16)8-13(10-14)6-3-7-13/h11H,2-10,14H2,1H3. The Morgan fingerprint density at radius 2 is 2.06 bits per heavy atom. The first-order chi connectivity index (χ1) is 7.65. The molecule has 0 aromatic carbocycles. The van der Waals surface area contributed by atoms with Crippen LogP contribution in [0.25, 0.3) is 0 Å². The second kappa shape index (κ2) is 4.74. The highest BCUT2D eigenvalue weighted by Crippen LogP contribution is 2.43. The molecule has 2 saturated carbocycles. The molecule has 2 N–H and O–H groups in total. The van der Waals surface area contributed by atoms with Gasteiger partial charge in [-0.05, 0) is 43.6 Å². The van der Waals surface area contributed by atoms with E-state index < -0.39 is 0 Å². The number of carbonyl (C=O) groups excluding carboxylic acids is 1. The summed E-state index contributed by atoms with van der Waals surface area (Å²) in [6, 6.07) is 0. The Bertz CT molecular complexity index is 251. The van der Waals surface area contributed by atoms with Gasteiger partial charge >= 0.3 is 0 Å². The SMILES string of the molecule is CN(CC1CCC1)C(=O)CC1(CN)CCC1. The van der Waals surface area contributed by atoms with Crippen LogP contribution in [0, 0.1) is 11.3 Å². The van der Waals surface area contributed by atoms with Crippen LogP contribution in [0.4, 0.5) is 0 Å². The number of hydrogen-bond acceptors (Lipinski definition) is 2. The molecule has 2 rings (SSSR count). The Morgan fingerprint density at radius 3 is 2.44 bits per heavy atom. The summed E-state index contributed by atoms with van der Waals surface area (Å²) < 4.78 is 0. The number of nitrogens with two attached hydrogens (primary N) is 1. The Kier molecular flexibility index (Phi) is 3.53. The zero-order valence-electron chi connectivity index (χ0n) is 10.4. The van der Waals surface area contributed by atoms with Crippen LogP contribution in [-0.2, 0) is 4.79 Å². The summed E-state index contributed by atoms with van der Waals surface area (Å²) in [5.41, 5.74) is 5.94. The molecule has 0 saturated heterocycles. The van der Waals surface area contributed by atoms with Crippen LogP contribution in [0.3, 0.4) is 0 Å². The lowest BCUT2D eigenvalue weighted by molar-refractivity contribution is -0.134. The summed E-state index contributed by atoms with van der Waals surface area (Å²) in [7, 11) is 1.95. The van der Waals surface area contributed by atoms with Crippen molar-refractivity contribution in [2.75, 3.05) is 20.1 Å². The number of carbonyl (C=O) groups is 1. The lowest BCUT2D eigenvalue weighted by Crippen LogP contribution is -2.43. The molecule has 3 nitrogen and oxygen atoms in total. The molecule has 0 spiro atoms. The third kappa shape index (κ3) is 2.40. The molecule has 2 aliphatic carbocycles. The fourth-order valence-corrected chi connectivity index (χ4v) is 2.75. The van der Waals surface area contributed by atoms with E-state index in [1.807, 2.05) is 11.9 Å². The average molecular weight is 224 g/mol. The van der Waals surface area contributed by atoms with Gasteiger partial charge in [-0.1, -0.05) is 12.8 Å². The van der Waals surface area contributed by atoms with Crippen molar-refractivity contribution in [1.82, 2.24) is 4.90 Å². The topological polar surface area (TPSA) is 46.3 Å². The second-order valence-electron chi connectivity index (χ2n) is 5.81. The van der Waals surface area contributed by atoms with Crippen LogP contribution >= 0.6 is 0 Å². The fourth-order valence-electron chi connectivity index (χ4n) is 2.75. The van der Waals surface area contributed by atoms with E-state index in [9.17, 15) is 4.79 Å². The molecule has 0 atom stereocenters. The Hall–Kier alpha value is -0.570. The van der Waals surface area contributed by atoms with E-state index in [4.69, 9.17) is 5.73 Å². The van der Waals surface area contributed by atoms with Gasteiger partial charge in [-0.15, -0.1) is 0 Å². The van der Waals surface area contributed by atoms with E-state index in [0.29, 0.717) is 18.9 Å². The zero-order chi connectivity index (χ0) is 11.6. The second-order valence-corrected chi connectivity index (χ2v) is 5.81. The molecule has 0 unspecified atom stereocenters. The van der Waals surface area contributed by atoms with E-state index in [1.165, 1.54) is 25.7 Å². The van der Waals surface area contributed by atoms with Gasteiger partial charge in [0.2, 0.25) is 5.91 Å². The predicted molar refractivity (Wildman–Crippen MR) is 64.9 cm³/mol. The van der Waals surface area contributed by atoms with Crippen molar-refractivity contribution in [2.24, 2.45) is 17.1 Å². The number of nitrogens with zero attached hydrogens (tertiary/aromatic N) is 1. The quantitative estimate of drug-likeness (QED) is 0.773. The number of hydrogen-bond donors (Lipinski definition) is 1. The zero-order valence-corrected chi connectivity index (χ0v) is 10.4. The highest BCUT2D eigenvalue weighted by Gasteiger charge is 2.38. The molecule has 3 heteroatoms. The lowest BCUT2D eigenvalue weighted by Gasteiger charge is -2.41. The fraction of sp³-hybridized carbons (Fsp3) is 0.923. The molecule has 0 heterocycles. The molecule has 92 valence electrons. The van der Waals surface area contributed by atoms with Crippen molar-refractivity contribution in [1.29, 1.82) is 0 Å². The largest absolute Gasteiger partial charge is 0.345 e. The minimum absolute atomic E-state index is 0.158. The van der Waals surface area contributed by atoms with E-state index >= 15 is 0 Å². The average Bonchev–Trinajstić information content (AvgIpc) is 2.16. The minimum Gasteiger partial charge on any atom is -0.345 e. The van der Waals surface area contributed by atoms with Crippen molar-refractivity contribution in [2.45, 2.75) is 44.9 Å². The van der Waals surface area contributed by atoms with Gasteiger partial charge in [0.15, 0.2) is 0 Å². The maximum atomic E-state index is 12.1. The molecule has 0 aliphatic heterocycles. The lowest BCUT2D eigenvalue weighted by atomic mass is 9.66. The molecule has 0 aromatic heterocycles. The first-order valence-electron chi connectivity index (χ1n) is 6.59. The van der Waals surface area contributed by atoms with Crippen LogP contribution in [0.2, 0.25) is 0 Å².